The normalized spacial score (nSPS) is 10.3. The Morgan fingerprint density at radius 1 is 1.06 bits per heavy atom. The number of nitrogens with two attached hydrogens (primary N) is 1. The average Bonchev–Trinajstić information content (AvgIpc) is 2.40. The quantitative estimate of drug-likeness (QED) is 0.641. The lowest BCUT2D eigenvalue weighted by atomic mass is 10.1. The molecule has 2 heteroatoms. The molecule has 0 atom stereocenters. The van der Waals surface area contributed by atoms with Gasteiger partial charge in [-0.1, -0.05) is 36.4 Å². The Hall–Kier alpha value is -1.96. The van der Waals surface area contributed by atoms with Crippen molar-refractivity contribution in [2.75, 3.05) is 12.3 Å². The van der Waals surface area contributed by atoms with E-state index in [0.717, 1.165) is 18.6 Å². The molecular formula is C16H19NO. The largest absolute Gasteiger partial charge is 0.491 e. The number of rotatable bonds is 5. The standard InChI is InChI=1S/C16H19NO/c1-13-9-10-15(17)16(12-13)18-11-5-8-14-6-3-2-4-7-14/h2-4,6-7,9-10,12H,5,8,11,17H2,1H3. The molecule has 2 N–H and O–H groups in total. The van der Waals surface area contributed by atoms with Crippen molar-refractivity contribution in [2.24, 2.45) is 0 Å². The van der Waals surface area contributed by atoms with Crippen molar-refractivity contribution in [1.29, 1.82) is 0 Å². The number of benzene rings is 2. The van der Waals surface area contributed by atoms with Crippen LogP contribution < -0.4 is 10.5 Å². The van der Waals surface area contributed by atoms with E-state index in [9.17, 15) is 0 Å². The van der Waals surface area contributed by atoms with Crippen LogP contribution in [0.4, 0.5) is 5.69 Å². The Bertz CT molecular complexity index is 494. The minimum Gasteiger partial charge on any atom is -0.491 e. The SMILES string of the molecule is Cc1ccc(N)c(OCCCc2ccccc2)c1. The molecule has 2 rings (SSSR count). The van der Waals surface area contributed by atoms with E-state index in [1.807, 2.05) is 31.2 Å². The molecule has 0 unspecified atom stereocenters. The van der Waals surface area contributed by atoms with Crippen LogP contribution in [-0.4, -0.2) is 6.61 Å². The molecule has 0 bridgehead atoms. The summed E-state index contributed by atoms with van der Waals surface area (Å²) in [6, 6.07) is 16.3. The minimum atomic E-state index is 0.697. The molecule has 0 aliphatic heterocycles. The van der Waals surface area contributed by atoms with Gasteiger partial charge in [0.2, 0.25) is 0 Å². The van der Waals surface area contributed by atoms with Gasteiger partial charge in [-0.2, -0.15) is 0 Å². The van der Waals surface area contributed by atoms with Gasteiger partial charge in [0.15, 0.2) is 0 Å². The van der Waals surface area contributed by atoms with Crippen LogP contribution in [0.1, 0.15) is 17.5 Å². The highest BCUT2D eigenvalue weighted by Gasteiger charge is 2.00. The lowest BCUT2D eigenvalue weighted by Crippen LogP contribution is -2.02. The maximum absolute atomic E-state index is 5.86. The minimum absolute atomic E-state index is 0.697. The third kappa shape index (κ3) is 3.52. The van der Waals surface area contributed by atoms with Crippen LogP contribution in [0.25, 0.3) is 0 Å². The zero-order valence-electron chi connectivity index (χ0n) is 10.7. The zero-order valence-corrected chi connectivity index (χ0v) is 10.7. The van der Waals surface area contributed by atoms with Crippen LogP contribution in [0, 0.1) is 6.92 Å². The summed E-state index contributed by atoms with van der Waals surface area (Å²) in [6.45, 7) is 2.73. The molecule has 0 heterocycles. The summed E-state index contributed by atoms with van der Waals surface area (Å²) in [4.78, 5) is 0. The molecule has 0 aliphatic carbocycles. The Morgan fingerprint density at radius 3 is 2.61 bits per heavy atom. The van der Waals surface area contributed by atoms with Crippen molar-refractivity contribution in [1.82, 2.24) is 0 Å². The molecular weight excluding hydrogens is 222 g/mol. The number of hydrogen-bond acceptors (Lipinski definition) is 2. The molecule has 2 aromatic carbocycles. The summed E-state index contributed by atoms with van der Waals surface area (Å²) in [5.74, 6) is 0.795. The van der Waals surface area contributed by atoms with E-state index in [2.05, 4.69) is 24.3 Å². The molecule has 0 saturated carbocycles. The van der Waals surface area contributed by atoms with Crippen LogP contribution in [0.3, 0.4) is 0 Å². The highest BCUT2D eigenvalue weighted by Crippen LogP contribution is 2.22. The summed E-state index contributed by atoms with van der Waals surface area (Å²) in [5, 5.41) is 0. The van der Waals surface area contributed by atoms with E-state index < -0.39 is 0 Å². The van der Waals surface area contributed by atoms with E-state index in [1.165, 1.54) is 11.1 Å². The number of hydrogen-bond donors (Lipinski definition) is 1. The van der Waals surface area contributed by atoms with Crippen molar-refractivity contribution in [3.63, 3.8) is 0 Å². The Balaban J connectivity index is 1.80. The van der Waals surface area contributed by atoms with Crippen molar-refractivity contribution < 1.29 is 4.74 Å². The predicted molar refractivity (Wildman–Crippen MR) is 75.8 cm³/mol. The Morgan fingerprint density at radius 2 is 1.83 bits per heavy atom. The van der Waals surface area contributed by atoms with Crippen molar-refractivity contribution in [3.05, 3.63) is 59.7 Å². The first-order chi connectivity index (χ1) is 8.75. The molecule has 0 aliphatic rings. The van der Waals surface area contributed by atoms with Crippen molar-refractivity contribution >= 4 is 5.69 Å². The van der Waals surface area contributed by atoms with Gasteiger partial charge in [-0.25, -0.2) is 0 Å². The Labute approximate surface area is 108 Å². The van der Waals surface area contributed by atoms with Gasteiger partial charge in [0, 0.05) is 0 Å². The van der Waals surface area contributed by atoms with Crippen molar-refractivity contribution in [2.45, 2.75) is 19.8 Å². The second-order valence-corrected chi connectivity index (χ2v) is 4.48. The van der Waals surface area contributed by atoms with E-state index in [1.54, 1.807) is 0 Å². The van der Waals surface area contributed by atoms with Gasteiger partial charge in [0.25, 0.3) is 0 Å². The number of nitrogen functional groups attached to an aromatic ring is 1. The molecule has 0 aromatic heterocycles. The van der Waals surface area contributed by atoms with Crippen LogP contribution >= 0.6 is 0 Å². The van der Waals surface area contributed by atoms with Crippen LogP contribution in [0.2, 0.25) is 0 Å². The first kappa shape index (κ1) is 12.5. The third-order valence-electron chi connectivity index (χ3n) is 2.88. The second-order valence-electron chi connectivity index (χ2n) is 4.48. The van der Waals surface area contributed by atoms with Crippen LogP contribution in [0.15, 0.2) is 48.5 Å². The fourth-order valence-electron chi connectivity index (χ4n) is 1.87. The highest BCUT2D eigenvalue weighted by molar-refractivity contribution is 5.53. The lowest BCUT2D eigenvalue weighted by molar-refractivity contribution is 0.312. The van der Waals surface area contributed by atoms with E-state index in [-0.39, 0.29) is 0 Å². The van der Waals surface area contributed by atoms with Gasteiger partial charge in [-0.3, -0.25) is 0 Å². The molecule has 94 valence electrons. The summed E-state index contributed by atoms with van der Waals surface area (Å²) < 4.78 is 5.71. The van der Waals surface area contributed by atoms with Gasteiger partial charge < -0.3 is 10.5 Å². The monoisotopic (exact) mass is 241 g/mol. The second kappa shape index (κ2) is 6.10. The summed E-state index contributed by atoms with van der Waals surface area (Å²) in [7, 11) is 0. The van der Waals surface area contributed by atoms with Crippen LogP contribution in [0.5, 0.6) is 5.75 Å². The fraction of sp³-hybridized carbons (Fsp3) is 0.250. The number of aryl methyl sites for hydroxylation is 2. The van der Waals surface area contributed by atoms with E-state index in [4.69, 9.17) is 10.5 Å². The highest BCUT2D eigenvalue weighted by atomic mass is 16.5. The van der Waals surface area contributed by atoms with Gasteiger partial charge in [0.05, 0.1) is 12.3 Å². The molecule has 18 heavy (non-hydrogen) atoms. The molecule has 2 nitrogen and oxygen atoms in total. The maximum Gasteiger partial charge on any atom is 0.142 e. The first-order valence-corrected chi connectivity index (χ1v) is 6.28. The number of ether oxygens (including phenoxy) is 1. The van der Waals surface area contributed by atoms with Crippen LogP contribution in [-0.2, 0) is 6.42 Å². The van der Waals surface area contributed by atoms with E-state index >= 15 is 0 Å². The number of anilines is 1. The lowest BCUT2D eigenvalue weighted by Gasteiger charge is -2.09. The van der Waals surface area contributed by atoms with Gasteiger partial charge in [-0.15, -0.1) is 0 Å². The molecule has 0 radical (unpaired) electrons. The van der Waals surface area contributed by atoms with Gasteiger partial charge >= 0.3 is 0 Å². The molecule has 2 aromatic rings. The van der Waals surface area contributed by atoms with Crippen molar-refractivity contribution in [3.8, 4) is 5.75 Å². The molecule has 0 fully saturated rings. The summed E-state index contributed by atoms with van der Waals surface area (Å²) >= 11 is 0. The van der Waals surface area contributed by atoms with Gasteiger partial charge in [-0.05, 0) is 43.0 Å². The Kier molecular flexibility index (Phi) is 4.24. The third-order valence-corrected chi connectivity index (χ3v) is 2.88. The smallest absolute Gasteiger partial charge is 0.142 e. The fourth-order valence-corrected chi connectivity index (χ4v) is 1.87. The summed E-state index contributed by atoms with van der Waals surface area (Å²) in [6.07, 6.45) is 2.03. The average molecular weight is 241 g/mol. The molecule has 0 saturated heterocycles. The molecule has 0 spiro atoms. The first-order valence-electron chi connectivity index (χ1n) is 6.28. The maximum atomic E-state index is 5.86. The van der Waals surface area contributed by atoms with E-state index in [0.29, 0.717) is 12.3 Å². The summed E-state index contributed by atoms with van der Waals surface area (Å²) in [5.41, 5.74) is 9.08. The zero-order chi connectivity index (χ0) is 12.8. The van der Waals surface area contributed by atoms with Gasteiger partial charge in [0.1, 0.15) is 5.75 Å². The predicted octanol–water partition coefficient (Wildman–Crippen LogP) is 3.59. The topological polar surface area (TPSA) is 35.2 Å². The molecule has 0 amide bonds.